The molecule has 4 heteroatoms. The Labute approximate surface area is 171 Å². The average molecular weight is 384 g/mol. The standard InChI is InChI=1S/C25H24N2O2/c28-23(26-18-20-10-4-1-5-11-20)19-27-17-16-25(24(27)29,21-12-6-2-7-13-21)22-14-8-3-9-15-22/h1-15H,16-19H2,(H,26,28). The summed E-state index contributed by atoms with van der Waals surface area (Å²) in [7, 11) is 0. The fraction of sp³-hybridized carbons (Fsp3) is 0.200. The Bertz CT molecular complexity index is 932. The number of nitrogens with one attached hydrogen (secondary N) is 1. The summed E-state index contributed by atoms with van der Waals surface area (Å²) in [6.45, 7) is 1.10. The van der Waals surface area contributed by atoms with E-state index in [4.69, 9.17) is 0 Å². The fourth-order valence-corrected chi connectivity index (χ4v) is 4.11. The summed E-state index contributed by atoms with van der Waals surface area (Å²) < 4.78 is 0. The molecule has 0 spiro atoms. The van der Waals surface area contributed by atoms with Gasteiger partial charge in [0.15, 0.2) is 0 Å². The predicted octanol–water partition coefficient (Wildman–Crippen LogP) is 3.52. The molecule has 0 aromatic heterocycles. The van der Waals surface area contributed by atoms with Crippen molar-refractivity contribution in [3.8, 4) is 0 Å². The van der Waals surface area contributed by atoms with Gasteiger partial charge in [-0.1, -0.05) is 91.0 Å². The van der Waals surface area contributed by atoms with Crippen LogP contribution in [-0.4, -0.2) is 29.8 Å². The zero-order chi connectivity index (χ0) is 20.1. The van der Waals surface area contributed by atoms with E-state index >= 15 is 0 Å². The first-order valence-electron chi connectivity index (χ1n) is 9.91. The number of hydrogen-bond donors (Lipinski definition) is 1. The van der Waals surface area contributed by atoms with E-state index in [0.717, 1.165) is 16.7 Å². The molecule has 0 bridgehead atoms. The minimum Gasteiger partial charge on any atom is -0.350 e. The first kappa shape index (κ1) is 18.9. The van der Waals surface area contributed by atoms with Gasteiger partial charge in [-0.15, -0.1) is 0 Å². The lowest BCUT2D eigenvalue weighted by atomic mass is 9.73. The molecule has 1 aliphatic rings. The summed E-state index contributed by atoms with van der Waals surface area (Å²) in [6, 6.07) is 29.5. The van der Waals surface area contributed by atoms with Gasteiger partial charge in [-0.25, -0.2) is 0 Å². The Morgan fingerprint density at radius 1 is 0.828 bits per heavy atom. The zero-order valence-electron chi connectivity index (χ0n) is 16.3. The maximum atomic E-state index is 13.6. The third-order valence-electron chi connectivity index (χ3n) is 5.61. The quantitative estimate of drug-likeness (QED) is 0.707. The third-order valence-corrected chi connectivity index (χ3v) is 5.61. The first-order chi connectivity index (χ1) is 14.2. The van der Waals surface area contributed by atoms with Gasteiger partial charge in [-0.05, 0) is 23.1 Å². The van der Waals surface area contributed by atoms with Gasteiger partial charge < -0.3 is 10.2 Å². The molecule has 29 heavy (non-hydrogen) atoms. The summed E-state index contributed by atoms with van der Waals surface area (Å²) in [4.78, 5) is 27.8. The molecule has 0 atom stereocenters. The topological polar surface area (TPSA) is 49.4 Å². The van der Waals surface area contributed by atoms with Gasteiger partial charge in [0.25, 0.3) is 0 Å². The molecule has 0 saturated carbocycles. The number of carbonyl (C=O) groups excluding carboxylic acids is 2. The second kappa shape index (κ2) is 8.31. The molecule has 1 aliphatic heterocycles. The van der Waals surface area contributed by atoms with E-state index in [1.165, 1.54) is 0 Å². The molecule has 1 saturated heterocycles. The van der Waals surface area contributed by atoms with Crippen LogP contribution in [0, 0.1) is 0 Å². The lowest BCUT2D eigenvalue weighted by molar-refractivity contribution is -0.135. The van der Waals surface area contributed by atoms with Crippen LogP contribution in [0.4, 0.5) is 0 Å². The highest BCUT2D eigenvalue weighted by atomic mass is 16.2. The summed E-state index contributed by atoms with van der Waals surface area (Å²) in [5.41, 5.74) is 2.26. The summed E-state index contributed by atoms with van der Waals surface area (Å²) in [5, 5.41) is 2.92. The second-order valence-electron chi connectivity index (χ2n) is 7.38. The van der Waals surface area contributed by atoms with Crippen molar-refractivity contribution in [1.29, 1.82) is 0 Å². The van der Waals surface area contributed by atoms with Gasteiger partial charge >= 0.3 is 0 Å². The van der Waals surface area contributed by atoms with Crippen molar-refractivity contribution in [2.45, 2.75) is 18.4 Å². The highest BCUT2D eigenvalue weighted by molar-refractivity contribution is 5.96. The molecular weight excluding hydrogens is 360 g/mol. The summed E-state index contributed by atoms with van der Waals surface area (Å²) in [5.74, 6) is -0.149. The lowest BCUT2D eigenvalue weighted by Gasteiger charge is -2.29. The van der Waals surface area contributed by atoms with Gasteiger partial charge in [-0.2, -0.15) is 0 Å². The molecule has 3 aromatic carbocycles. The summed E-state index contributed by atoms with van der Waals surface area (Å²) >= 11 is 0. The number of nitrogens with zero attached hydrogens (tertiary/aromatic N) is 1. The smallest absolute Gasteiger partial charge is 0.239 e. The minimum absolute atomic E-state index is 0.00948. The van der Waals surface area contributed by atoms with Gasteiger partial charge in [0.2, 0.25) is 11.8 Å². The van der Waals surface area contributed by atoms with Crippen LogP contribution in [-0.2, 0) is 21.5 Å². The molecule has 1 fully saturated rings. The van der Waals surface area contributed by atoms with Crippen LogP contribution in [0.3, 0.4) is 0 Å². The molecular formula is C25H24N2O2. The summed E-state index contributed by atoms with van der Waals surface area (Å²) in [6.07, 6.45) is 0.659. The second-order valence-corrected chi connectivity index (χ2v) is 7.38. The van der Waals surface area contributed by atoms with E-state index in [1.54, 1.807) is 4.90 Å². The van der Waals surface area contributed by atoms with Crippen LogP contribution in [0.15, 0.2) is 91.0 Å². The molecule has 4 nitrogen and oxygen atoms in total. The van der Waals surface area contributed by atoms with Crippen molar-refractivity contribution in [2.75, 3.05) is 13.1 Å². The molecule has 146 valence electrons. The SMILES string of the molecule is O=C(CN1CCC(c2ccccc2)(c2ccccc2)C1=O)NCc1ccccc1. The Balaban J connectivity index is 1.53. The number of likely N-dealkylation sites (tertiary alicyclic amines) is 1. The van der Waals surface area contributed by atoms with E-state index in [2.05, 4.69) is 5.32 Å². The minimum atomic E-state index is -0.734. The van der Waals surface area contributed by atoms with E-state index in [9.17, 15) is 9.59 Å². The van der Waals surface area contributed by atoms with Crippen molar-refractivity contribution in [3.05, 3.63) is 108 Å². The highest BCUT2D eigenvalue weighted by Gasteiger charge is 2.49. The molecule has 3 aromatic rings. The van der Waals surface area contributed by atoms with Crippen LogP contribution in [0.25, 0.3) is 0 Å². The van der Waals surface area contributed by atoms with Crippen molar-refractivity contribution in [3.63, 3.8) is 0 Å². The molecule has 0 unspecified atom stereocenters. The lowest BCUT2D eigenvalue weighted by Crippen LogP contribution is -2.43. The van der Waals surface area contributed by atoms with Gasteiger partial charge in [-0.3, -0.25) is 9.59 Å². The highest BCUT2D eigenvalue weighted by Crippen LogP contribution is 2.41. The molecule has 0 radical (unpaired) electrons. The first-order valence-corrected chi connectivity index (χ1v) is 9.91. The number of carbonyl (C=O) groups is 2. The van der Waals surface area contributed by atoms with E-state index in [1.807, 2.05) is 91.0 Å². The molecule has 0 aliphatic carbocycles. The van der Waals surface area contributed by atoms with E-state index in [0.29, 0.717) is 19.5 Å². The van der Waals surface area contributed by atoms with Crippen molar-refractivity contribution < 1.29 is 9.59 Å². The van der Waals surface area contributed by atoms with Crippen molar-refractivity contribution in [2.24, 2.45) is 0 Å². The van der Waals surface area contributed by atoms with Gasteiger partial charge in [0.05, 0.1) is 6.54 Å². The largest absolute Gasteiger partial charge is 0.350 e. The molecule has 2 amide bonds. The normalized spacial score (nSPS) is 15.3. The zero-order valence-corrected chi connectivity index (χ0v) is 16.3. The predicted molar refractivity (Wildman–Crippen MR) is 113 cm³/mol. The third kappa shape index (κ3) is 3.79. The molecule has 1 N–H and O–H groups in total. The van der Waals surface area contributed by atoms with Crippen LogP contribution >= 0.6 is 0 Å². The Morgan fingerprint density at radius 2 is 1.34 bits per heavy atom. The van der Waals surface area contributed by atoms with Gasteiger partial charge in [0.1, 0.15) is 5.41 Å². The van der Waals surface area contributed by atoms with Crippen LogP contribution in [0.2, 0.25) is 0 Å². The Kier molecular flexibility index (Phi) is 5.43. The molecule has 1 heterocycles. The number of rotatable bonds is 6. The van der Waals surface area contributed by atoms with E-state index in [-0.39, 0.29) is 18.4 Å². The fourth-order valence-electron chi connectivity index (χ4n) is 4.11. The Hall–Kier alpha value is -3.40. The number of hydrogen-bond acceptors (Lipinski definition) is 2. The van der Waals surface area contributed by atoms with Crippen LogP contribution in [0.5, 0.6) is 0 Å². The van der Waals surface area contributed by atoms with Crippen LogP contribution < -0.4 is 5.32 Å². The number of amides is 2. The average Bonchev–Trinajstić information content (AvgIpc) is 3.11. The van der Waals surface area contributed by atoms with Crippen LogP contribution in [0.1, 0.15) is 23.1 Å². The van der Waals surface area contributed by atoms with Crippen molar-refractivity contribution >= 4 is 11.8 Å². The molecule has 4 rings (SSSR count). The van der Waals surface area contributed by atoms with Gasteiger partial charge in [0, 0.05) is 13.1 Å². The number of benzene rings is 3. The Morgan fingerprint density at radius 3 is 1.90 bits per heavy atom. The van der Waals surface area contributed by atoms with Crippen molar-refractivity contribution in [1.82, 2.24) is 10.2 Å². The maximum Gasteiger partial charge on any atom is 0.239 e. The van der Waals surface area contributed by atoms with E-state index < -0.39 is 5.41 Å². The monoisotopic (exact) mass is 384 g/mol. The maximum absolute atomic E-state index is 13.6.